The fraction of sp³-hybridized carbons (Fsp3) is 0.692. The molecule has 3 heteroatoms. The van der Waals surface area contributed by atoms with Crippen LogP contribution in [-0.2, 0) is 0 Å². The molecule has 16 heavy (non-hydrogen) atoms. The van der Waals surface area contributed by atoms with E-state index in [2.05, 4.69) is 61.9 Å². The van der Waals surface area contributed by atoms with E-state index in [0.717, 1.165) is 6.54 Å². The minimum absolute atomic E-state index is 0.256. The van der Waals surface area contributed by atoms with Crippen LogP contribution in [0.2, 0.25) is 0 Å². The standard InChI is InChI=1S/C13H22BrNS/c1-6-7-15-12(13(3,4)5)11-8-10(14)9(2)16-11/h8,12,15H,6-7H2,1-5H3. The summed E-state index contributed by atoms with van der Waals surface area (Å²) in [4.78, 5) is 2.80. The molecule has 0 saturated carbocycles. The highest BCUT2D eigenvalue weighted by Crippen LogP contribution is 2.39. The van der Waals surface area contributed by atoms with Crippen LogP contribution < -0.4 is 5.32 Å². The van der Waals surface area contributed by atoms with E-state index < -0.39 is 0 Å². The van der Waals surface area contributed by atoms with Crippen molar-refractivity contribution in [3.8, 4) is 0 Å². The number of hydrogen-bond acceptors (Lipinski definition) is 2. The van der Waals surface area contributed by atoms with Crippen LogP contribution in [0.3, 0.4) is 0 Å². The van der Waals surface area contributed by atoms with Gasteiger partial charge < -0.3 is 5.32 Å². The Morgan fingerprint density at radius 2 is 2.06 bits per heavy atom. The number of thiophene rings is 1. The van der Waals surface area contributed by atoms with Crippen LogP contribution in [0, 0.1) is 12.3 Å². The Labute approximate surface area is 112 Å². The van der Waals surface area contributed by atoms with Crippen LogP contribution in [0.5, 0.6) is 0 Å². The van der Waals surface area contributed by atoms with Gasteiger partial charge in [0.25, 0.3) is 0 Å². The van der Waals surface area contributed by atoms with Crippen molar-refractivity contribution >= 4 is 27.3 Å². The van der Waals surface area contributed by atoms with Gasteiger partial charge in [-0.25, -0.2) is 0 Å². The summed E-state index contributed by atoms with van der Waals surface area (Å²) in [5.41, 5.74) is 0.256. The van der Waals surface area contributed by atoms with E-state index in [4.69, 9.17) is 0 Å². The van der Waals surface area contributed by atoms with Gasteiger partial charge in [-0.3, -0.25) is 0 Å². The van der Waals surface area contributed by atoms with Crippen LogP contribution in [0.4, 0.5) is 0 Å². The van der Waals surface area contributed by atoms with Gasteiger partial charge in [0, 0.05) is 20.3 Å². The Morgan fingerprint density at radius 1 is 1.44 bits per heavy atom. The Kier molecular flexibility index (Phi) is 5.02. The minimum Gasteiger partial charge on any atom is -0.309 e. The normalized spacial score (nSPS) is 14.1. The largest absolute Gasteiger partial charge is 0.309 e. The van der Waals surface area contributed by atoms with Crippen molar-refractivity contribution in [2.45, 2.75) is 47.1 Å². The van der Waals surface area contributed by atoms with Crippen LogP contribution >= 0.6 is 27.3 Å². The number of nitrogens with one attached hydrogen (secondary N) is 1. The van der Waals surface area contributed by atoms with Gasteiger partial charge in [0.1, 0.15) is 0 Å². The van der Waals surface area contributed by atoms with Crippen LogP contribution in [-0.4, -0.2) is 6.54 Å². The van der Waals surface area contributed by atoms with E-state index in [1.807, 2.05) is 11.3 Å². The van der Waals surface area contributed by atoms with Crippen molar-refractivity contribution in [1.82, 2.24) is 5.32 Å². The number of rotatable bonds is 4. The molecule has 0 bridgehead atoms. The predicted octanol–water partition coefficient (Wildman–Crippen LogP) is 4.91. The molecule has 1 unspecified atom stereocenters. The van der Waals surface area contributed by atoms with Crippen LogP contribution in [0.1, 0.15) is 49.9 Å². The second-order valence-electron chi connectivity index (χ2n) is 5.31. The highest BCUT2D eigenvalue weighted by Gasteiger charge is 2.27. The van der Waals surface area contributed by atoms with E-state index >= 15 is 0 Å². The fourth-order valence-corrected chi connectivity index (χ4v) is 3.63. The second-order valence-corrected chi connectivity index (χ2v) is 7.45. The van der Waals surface area contributed by atoms with Crippen LogP contribution in [0.25, 0.3) is 0 Å². The first-order valence-electron chi connectivity index (χ1n) is 5.85. The highest BCUT2D eigenvalue weighted by atomic mass is 79.9. The monoisotopic (exact) mass is 303 g/mol. The smallest absolute Gasteiger partial charge is 0.0464 e. The van der Waals surface area contributed by atoms with Gasteiger partial charge >= 0.3 is 0 Å². The molecule has 92 valence electrons. The zero-order chi connectivity index (χ0) is 12.3. The molecule has 1 aromatic heterocycles. The molecule has 1 aromatic rings. The molecule has 0 saturated heterocycles. The number of aryl methyl sites for hydroxylation is 1. The summed E-state index contributed by atoms with van der Waals surface area (Å²) in [6, 6.07) is 2.71. The third-order valence-corrected chi connectivity index (χ3v) is 4.83. The molecule has 0 aliphatic heterocycles. The molecule has 0 fully saturated rings. The summed E-state index contributed by atoms with van der Waals surface area (Å²) in [7, 11) is 0. The Balaban J connectivity index is 2.92. The molecule has 0 aliphatic rings. The SMILES string of the molecule is CCCNC(c1cc(Br)c(C)s1)C(C)(C)C. The average molecular weight is 304 g/mol. The molecule has 0 aromatic carbocycles. The molecule has 1 heterocycles. The van der Waals surface area contributed by atoms with Gasteiger partial charge in [-0.2, -0.15) is 0 Å². The lowest BCUT2D eigenvalue weighted by atomic mass is 9.85. The lowest BCUT2D eigenvalue weighted by Crippen LogP contribution is -2.32. The molecule has 1 N–H and O–H groups in total. The summed E-state index contributed by atoms with van der Waals surface area (Å²) in [6.45, 7) is 12.3. The third kappa shape index (κ3) is 3.57. The van der Waals surface area contributed by atoms with Crippen molar-refractivity contribution in [3.63, 3.8) is 0 Å². The molecule has 1 rings (SSSR count). The molecule has 1 nitrogen and oxygen atoms in total. The highest BCUT2D eigenvalue weighted by molar-refractivity contribution is 9.10. The zero-order valence-electron chi connectivity index (χ0n) is 10.9. The summed E-state index contributed by atoms with van der Waals surface area (Å²) >= 11 is 5.49. The first-order chi connectivity index (χ1) is 7.36. The number of halogens is 1. The van der Waals surface area contributed by atoms with E-state index in [0.29, 0.717) is 6.04 Å². The van der Waals surface area contributed by atoms with E-state index in [1.165, 1.54) is 20.6 Å². The summed E-state index contributed by atoms with van der Waals surface area (Å²) in [5, 5.41) is 3.66. The lowest BCUT2D eigenvalue weighted by Gasteiger charge is -2.31. The Hall–Kier alpha value is 0.140. The fourth-order valence-electron chi connectivity index (χ4n) is 1.75. The van der Waals surface area contributed by atoms with E-state index in [1.54, 1.807) is 0 Å². The zero-order valence-corrected chi connectivity index (χ0v) is 13.3. The predicted molar refractivity (Wildman–Crippen MR) is 77.2 cm³/mol. The first kappa shape index (κ1) is 14.2. The third-order valence-electron chi connectivity index (χ3n) is 2.63. The van der Waals surface area contributed by atoms with Gasteiger partial charge in [-0.05, 0) is 47.3 Å². The van der Waals surface area contributed by atoms with Crippen molar-refractivity contribution < 1.29 is 0 Å². The maximum Gasteiger partial charge on any atom is 0.0464 e. The first-order valence-corrected chi connectivity index (χ1v) is 7.46. The topological polar surface area (TPSA) is 12.0 Å². The van der Waals surface area contributed by atoms with Gasteiger partial charge in [-0.15, -0.1) is 11.3 Å². The van der Waals surface area contributed by atoms with Gasteiger partial charge in [0.2, 0.25) is 0 Å². The average Bonchev–Trinajstić information content (AvgIpc) is 2.45. The van der Waals surface area contributed by atoms with Gasteiger partial charge in [-0.1, -0.05) is 27.7 Å². The number of hydrogen-bond donors (Lipinski definition) is 1. The summed E-state index contributed by atoms with van der Waals surface area (Å²) in [5.74, 6) is 0. The van der Waals surface area contributed by atoms with Crippen molar-refractivity contribution in [2.24, 2.45) is 5.41 Å². The van der Waals surface area contributed by atoms with Gasteiger partial charge in [0.15, 0.2) is 0 Å². The summed E-state index contributed by atoms with van der Waals surface area (Å²) in [6.07, 6.45) is 1.18. The quantitative estimate of drug-likeness (QED) is 0.833. The van der Waals surface area contributed by atoms with E-state index in [9.17, 15) is 0 Å². The van der Waals surface area contributed by atoms with Crippen LogP contribution in [0.15, 0.2) is 10.5 Å². The van der Waals surface area contributed by atoms with Crippen molar-refractivity contribution in [3.05, 3.63) is 20.3 Å². The minimum atomic E-state index is 0.256. The molecule has 0 amide bonds. The van der Waals surface area contributed by atoms with E-state index in [-0.39, 0.29) is 5.41 Å². The lowest BCUT2D eigenvalue weighted by molar-refractivity contribution is 0.277. The molecular formula is C13H22BrNS. The molecule has 0 radical (unpaired) electrons. The molecule has 0 spiro atoms. The molecule has 0 aliphatic carbocycles. The molecular weight excluding hydrogens is 282 g/mol. The second kappa shape index (κ2) is 5.65. The van der Waals surface area contributed by atoms with Crippen molar-refractivity contribution in [2.75, 3.05) is 6.54 Å². The van der Waals surface area contributed by atoms with Crippen molar-refractivity contribution in [1.29, 1.82) is 0 Å². The Bertz CT molecular complexity index is 319. The molecule has 1 atom stereocenters. The Morgan fingerprint density at radius 3 is 2.44 bits per heavy atom. The summed E-state index contributed by atoms with van der Waals surface area (Å²) < 4.78 is 1.24. The maximum atomic E-state index is 3.66. The maximum absolute atomic E-state index is 3.66. The van der Waals surface area contributed by atoms with Gasteiger partial charge in [0.05, 0.1) is 0 Å².